The van der Waals surface area contributed by atoms with Crippen molar-refractivity contribution in [2.75, 3.05) is 18.9 Å². The number of carbonyl (C=O) groups excluding carboxylic acids is 1. The molecule has 0 bridgehead atoms. The monoisotopic (exact) mass is 679 g/mol. The van der Waals surface area contributed by atoms with Gasteiger partial charge in [-0.15, -0.1) is 11.3 Å². The zero-order valence-electron chi connectivity index (χ0n) is 26.9. The van der Waals surface area contributed by atoms with E-state index in [4.69, 9.17) is 5.73 Å². The number of amides is 1. The standard InChI is InChI=1S/C38H35F2N5O3S/c1-43(22-25-10-4-2-5-11-25)23-30-34-36(47)45(28-12-6-3-7-13-28)38(48)44(24-29-31(39)14-8-15-32(29)40)37(34)49-35(30)26-17-19-27(20-18-26)42-33(46)16-9-21-41/h2-8,10-15,17-20H,9,16,21-24,41H2,1H3,(H,42,46). The van der Waals surface area contributed by atoms with E-state index in [1.807, 2.05) is 49.5 Å². The molecule has 0 unspecified atom stereocenters. The smallest absolute Gasteiger partial charge is 0.330 e. The number of nitrogens with one attached hydrogen (secondary N) is 1. The number of hydrogen-bond acceptors (Lipinski definition) is 6. The van der Waals surface area contributed by atoms with Crippen LogP contribution in [0.15, 0.2) is 113 Å². The van der Waals surface area contributed by atoms with Gasteiger partial charge in [0.15, 0.2) is 0 Å². The molecule has 0 aliphatic rings. The third kappa shape index (κ3) is 7.29. The van der Waals surface area contributed by atoms with Crippen LogP contribution in [0, 0.1) is 11.6 Å². The molecule has 0 fully saturated rings. The molecule has 0 spiro atoms. The van der Waals surface area contributed by atoms with Gasteiger partial charge in [-0.25, -0.2) is 18.1 Å². The Bertz CT molecular complexity index is 2200. The van der Waals surface area contributed by atoms with Crippen molar-refractivity contribution in [3.63, 3.8) is 0 Å². The number of anilines is 1. The molecular weight excluding hydrogens is 645 g/mol. The molecule has 0 radical (unpaired) electrons. The first-order valence-corrected chi connectivity index (χ1v) is 16.7. The summed E-state index contributed by atoms with van der Waals surface area (Å²) in [5.41, 5.74) is 7.49. The van der Waals surface area contributed by atoms with E-state index in [9.17, 15) is 14.4 Å². The number of benzene rings is 4. The van der Waals surface area contributed by atoms with Gasteiger partial charge in [0.1, 0.15) is 16.5 Å². The fourth-order valence-corrected chi connectivity index (χ4v) is 7.15. The molecule has 11 heteroatoms. The fraction of sp³-hybridized carbons (Fsp3) is 0.184. The minimum Gasteiger partial charge on any atom is -0.330 e. The highest BCUT2D eigenvalue weighted by atomic mass is 32.1. The Morgan fingerprint density at radius 3 is 2.14 bits per heavy atom. The van der Waals surface area contributed by atoms with Gasteiger partial charge in [-0.2, -0.15) is 0 Å². The van der Waals surface area contributed by atoms with Crippen LogP contribution in [0.25, 0.3) is 26.3 Å². The fourth-order valence-electron chi connectivity index (χ4n) is 5.85. The molecule has 3 N–H and O–H groups in total. The van der Waals surface area contributed by atoms with Crippen LogP contribution >= 0.6 is 11.3 Å². The molecule has 0 aliphatic heterocycles. The molecule has 0 saturated carbocycles. The van der Waals surface area contributed by atoms with Crippen LogP contribution in [0.3, 0.4) is 0 Å². The minimum atomic E-state index is -0.791. The van der Waals surface area contributed by atoms with Crippen LogP contribution in [-0.2, 0) is 24.4 Å². The zero-order valence-corrected chi connectivity index (χ0v) is 27.7. The average Bonchev–Trinajstić information content (AvgIpc) is 3.47. The third-order valence-corrected chi connectivity index (χ3v) is 9.53. The Kier molecular flexibility index (Phi) is 10.2. The highest BCUT2D eigenvalue weighted by Crippen LogP contribution is 2.39. The normalized spacial score (nSPS) is 11.4. The van der Waals surface area contributed by atoms with Crippen molar-refractivity contribution < 1.29 is 13.6 Å². The molecule has 6 rings (SSSR count). The summed E-state index contributed by atoms with van der Waals surface area (Å²) < 4.78 is 32.4. The maximum Gasteiger partial charge on any atom is 0.337 e. The molecule has 0 saturated heterocycles. The number of rotatable bonds is 12. The van der Waals surface area contributed by atoms with Crippen LogP contribution in [0.2, 0.25) is 0 Å². The first kappa shape index (κ1) is 33.7. The molecule has 6 aromatic rings. The lowest BCUT2D eigenvalue weighted by Crippen LogP contribution is -2.39. The molecule has 8 nitrogen and oxygen atoms in total. The molecule has 2 aromatic heterocycles. The number of nitrogens with zero attached hydrogens (tertiary/aromatic N) is 3. The maximum atomic E-state index is 15.0. The van der Waals surface area contributed by atoms with Gasteiger partial charge in [0.2, 0.25) is 5.91 Å². The van der Waals surface area contributed by atoms with Crippen LogP contribution in [0.1, 0.15) is 29.5 Å². The van der Waals surface area contributed by atoms with Crippen molar-refractivity contribution in [2.24, 2.45) is 5.73 Å². The number of fused-ring (bicyclic) bond motifs is 1. The predicted molar refractivity (Wildman–Crippen MR) is 191 cm³/mol. The van der Waals surface area contributed by atoms with Gasteiger partial charge in [0.05, 0.1) is 17.6 Å². The summed E-state index contributed by atoms with van der Waals surface area (Å²) in [7, 11) is 1.95. The van der Waals surface area contributed by atoms with Gasteiger partial charge in [0, 0.05) is 35.6 Å². The number of para-hydroxylation sites is 1. The van der Waals surface area contributed by atoms with Crippen LogP contribution in [-0.4, -0.2) is 33.5 Å². The molecule has 250 valence electrons. The number of halogens is 2. The lowest BCUT2D eigenvalue weighted by atomic mass is 10.1. The second-order valence-electron chi connectivity index (χ2n) is 11.8. The minimum absolute atomic E-state index is 0.144. The molecule has 49 heavy (non-hydrogen) atoms. The number of nitrogens with two attached hydrogens (primary N) is 1. The van der Waals surface area contributed by atoms with E-state index >= 15 is 8.78 Å². The van der Waals surface area contributed by atoms with Crippen molar-refractivity contribution in [2.45, 2.75) is 32.5 Å². The number of aromatic nitrogens is 2. The summed E-state index contributed by atoms with van der Waals surface area (Å²) in [6.45, 7) is 0.908. The van der Waals surface area contributed by atoms with Gasteiger partial charge in [0.25, 0.3) is 5.56 Å². The number of thiophene rings is 1. The van der Waals surface area contributed by atoms with Gasteiger partial charge in [-0.05, 0) is 73.1 Å². The molecule has 0 atom stereocenters. The van der Waals surface area contributed by atoms with Gasteiger partial charge < -0.3 is 11.1 Å². The van der Waals surface area contributed by atoms with E-state index in [-0.39, 0.29) is 11.5 Å². The summed E-state index contributed by atoms with van der Waals surface area (Å²) in [4.78, 5) is 44.1. The molecule has 0 aliphatic carbocycles. The van der Waals surface area contributed by atoms with Gasteiger partial charge >= 0.3 is 5.69 Å². The van der Waals surface area contributed by atoms with E-state index in [0.29, 0.717) is 59.6 Å². The lowest BCUT2D eigenvalue weighted by molar-refractivity contribution is -0.116. The number of hydrogen-bond donors (Lipinski definition) is 2. The summed E-state index contributed by atoms with van der Waals surface area (Å²) in [5, 5.41) is 3.17. The van der Waals surface area contributed by atoms with Crippen molar-refractivity contribution in [1.82, 2.24) is 14.0 Å². The van der Waals surface area contributed by atoms with Gasteiger partial charge in [-0.1, -0.05) is 66.7 Å². The Labute approximate surface area is 285 Å². The highest BCUT2D eigenvalue weighted by Gasteiger charge is 2.25. The van der Waals surface area contributed by atoms with Crippen LogP contribution in [0.4, 0.5) is 14.5 Å². The Balaban J connectivity index is 1.56. The highest BCUT2D eigenvalue weighted by molar-refractivity contribution is 7.22. The molecular formula is C38H35F2N5O3S. The first-order chi connectivity index (χ1) is 23.7. The SMILES string of the molecule is CN(Cc1ccccc1)Cc1c(-c2ccc(NC(=O)CCCN)cc2)sc2c1c(=O)n(-c1ccccc1)c(=O)n2Cc1c(F)cccc1F. The average molecular weight is 680 g/mol. The summed E-state index contributed by atoms with van der Waals surface area (Å²) in [6.07, 6.45) is 0.880. The predicted octanol–water partition coefficient (Wildman–Crippen LogP) is 6.52. The lowest BCUT2D eigenvalue weighted by Gasteiger charge is -2.18. The molecule has 4 aromatic carbocycles. The first-order valence-electron chi connectivity index (χ1n) is 15.9. The number of carbonyl (C=O) groups is 1. The van der Waals surface area contributed by atoms with E-state index in [2.05, 4.69) is 10.2 Å². The summed E-state index contributed by atoms with van der Waals surface area (Å²) in [5.74, 6) is -1.73. The topological polar surface area (TPSA) is 102 Å². The largest absolute Gasteiger partial charge is 0.337 e. The van der Waals surface area contributed by atoms with Crippen molar-refractivity contribution >= 4 is 33.1 Å². The summed E-state index contributed by atoms with van der Waals surface area (Å²) in [6, 6.07) is 29.2. The van der Waals surface area contributed by atoms with E-state index < -0.39 is 29.4 Å². The van der Waals surface area contributed by atoms with Gasteiger partial charge in [-0.3, -0.25) is 19.1 Å². The van der Waals surface area contributed by atoms with E-state index in [0.717, 1.165) is 32.7 Å². The van der Waals surface area contributed by atoms with Crippen LogP contribution < -0.4 is 22.3 Å². The van der Waals surface area contributed by atoms with Crippen LogP contribution in [0.5, 0.6) is 0 Å². The second kappa shape index (κ2) is 14.9. The molecule has 2 heterocycles. The molecule has 1 amide bonds. The van der Waals surface area contributed by atoms with Crippen molar-refractivity contribution in [3.05, 3.63) is 152 Å². The quantitative estimate of drug-likeness (QED) is 0.154. The van der Waals surface area contributed by atoms with E-state index in [1.165, 1.54) is 22.0 Å². The second-order valence-corrected chi connectivity index (χ2v) is 12.8. The Morgan fingerprint density at radius 1 is 0.837 bits per heavy atom. The Morgan fingerprint density at radius 2 is 1.49 bits per heavy atom. The van der Waals surface area contributed by atoms with Crippen molar-refractivity contribution in [3.8, 4) is 16.1 Å². The van der Waals surface area contributed by atoms with Crippen molar-refractivity contribution in [1.29, 1.82) is 0 Å². The third-order valence-electron chi connectivity index (χ3n) is 8.23. The zero-order chi connectivity index (χ0) is 34.5. The Hall–Kier alpha value is -5.23. The maximum absolute atomic E-state index is 15.0. The van der Waals surface area contributed by atoms with E-state index in [1.54, 1.807) is 42.5 Å². The summed E-state index contributed by atoms with van der Waals surface area (Å²) >= 11 is 1.22.